The topological polar surface area (TPSA) is 61.8 Å². The molecule has 0 spiro atoms. The molecule has 5 heteroatoms. The van der Waals surface area contributed by atoms with E-state index in [1.807, 2.05) is 37.4 Å². The van der Waals surface area contributed by atoms with Crippen LogP contribution in [0, 0.1) is 0 Å². The van der Waals surface area contributed by atoms with Crippen LogP contribution in [0.4, 0.5) is 0 Å². The van der Waals surface area contributed by atoms with Gasteiger partial charge in [0.15, 0.2) is 0 Å². The number of nitrogens with one attached hydrogen (secondary N) is 1. The van der Waals surface area contributed by atoms with Crippen LogP contribution < -0.4 is 5.32 Å². The molecule has 118 valence electrons. The van der Waals surface area contributed by atoms with Crippen molar-refractivity contribution in [2.75, 3.05) is 40.9 Å². The highest BCUT2D eigenvalue weighted by Gasteiger charge is 2.38. The van der Waals surface area contributed by atoms with Crippen LogP contribution >= 0.6 is 0 Å². The number of carbonyl (C=O) groups is 1. The summed E-state index contributed by atoms with van der Waals surface area (Å²) in [6, 6.07) is 9.34. The summed E-state index contributed by atoms with van der Waals surface area (Å²) in [6.07, 6.45) is 1.45. The summed E-state index contributed by atoms with van der Waals surface area (Å²) in [5, 5.41) is 12.7. The molecule has 1 aromatic carbocycles. The number of carboxylic acid groups (broad SMARTS) is 1. The minimum Gasteiger partial charge on any atom is -0.480 e. The second kappa shape index (κ2) is 8.77. The smallest absolute Gasteiger partial charge is 0.328 e. The number of carboxylic acids is 1. The lowest BCUT2D eigenvalue weighted by atomic mass is 9.86. The van der Waals surface area contributed by atoms with E-state index in [1.165, 1.54) is 0 Å². The van der Waals surface area contributed by atoms with Crippen LogP contribution in [0.15, 0.2) is 30.3 Å². The highest BCUT2D eigenvalue weighted by molar-refractivity contribution is 5.80. The Morgan fingerprint density at radius 1 is 1.33 bits per heavy atom. The van der Waals surface area contributed by atoms with Crippen molar-refractivity contribution in [3.8, 4) is 0 Å². The molecular weight excluding hydrogens is 268 g/mol. The summed E-state index contributed by atoms with van der Waals surface area (Å²) in [5.74, 6) is -0.846. The maximum atomic E-state index is 11.8. The predicted octanol–water partition coefficient (Wildman–Crippen LogP) is 1.54. The molecule has 0 heterocycles. The molecule has 21 heavy (non-hydrogen) atoms. The average molecular weight is 294 g/mol. The maximum Gasteiger partial charge on any atom is 0.328 e. The van der Waals surface area contributed by atoms with Crippen molar-refractivity contribution in [1.82, 2.24) is 10.2 Å². The number of methoxy groups -OCH3 is 1. The Morgan fingerprint density at radius 3 is 2.52 bits per heavy atom. The molecule has 0 saturated carbocycles. The van der Waals surface area contributed by atoms with Gasteiger partial charge in [-0.15, -0.1) is 0 Å². The van der Waals surface area contributed by atoms with E-state index in [9.17, 15) is 9.90 Å². The van der Waals surface area contributed by atoms with E-state index in [4.69, 9.17) is 4.74 Å². The van der Waals surface area contributed by atoms with Crippen LogP contribution in [0.3, 0.4) is 0 Å². The second-order valence-electron chi connectivity index (χ2n) is 5.23. The monoisotopic (exact) mass is 294 g/mol. The Balaban J connectivity index is 2.74. The maximum absolute atomic E-state index is 11.8. The van der Waals surface area contributed by atoms with E-state index in [1.54, 1.807) is 14.2 Å². The number of ether oxygens (including phenoxy) is 1. The third kappa shape index (κ3) is 4.81. The molecule has 0 fully saturated rings. The fourth-order valence-corrected chi connectivity index (χ4v) is 2.42. The molecule has 1 atom stereocenters. The number of hydrogen-bond acceptors (Lipinski definition) is 4. The first-order valence-electron chi connectivity index (χ1n) is 7.22. The number of nitrogens with zero attached hydrogens (tertiary/aromatic N) is 1. The van der Waals surface area contributed by atoms with E-state index < -0.39 is 11.5 Å². The Morgan fingerprint density at radius 2 is 2.00 bits per heavy atom. The highest BCUT2D eigenvalue weighted by Crippen LogP contribution is 2.25. The molecular formula is C16H26N2O3. The van der Waals surface area contributed by atoms with Crippen molar-refractivity contribution in [2.45, 2.75) is 18.4 Å². The Kier molecular flexibility index (Phi) is 7.36. The summed E-state index contributed by atoms with van der Waals surface area (Å²) in [7, 11) is 5.39. The average Bonchev–Trinajstić information content (AvgIpc) is 2.49. The summed E-state index contributed by atoms with van der Waals surface area (Å²) < 4.78 is 5.03. The molecule has 0 radical (unpaired) electrons. The molecule has 1 aromatic rings. The SMILES string of the molecule is CNC(CCN(C)CCCOC)(C(=O)O)c1ccccc1. The van der Waals surface area contributed by atoms with Crippen molar-refractivity contribution < 1.29 is 14.6 Å². The van der Waals surface area contributed by atoms with Gasteiger partial charge in [-0.1, -0.05) is 30.3 Å². The van der Waals surface area contributed by atoms with Gasteiger partial charge in [-0.05, 0) is 32.5 Å². The van der Waals surface area contributed by atoms with Gasteiger partial charge in [0, 0.05) is 26.8 Å². The Hall–Kier alpha value is -1.43. The van der Waals surface area contributed by atoms with Crippen LogP contribution in [0.25, 0.3) is 0 Å². The van der Waals surface area contributed by atoms with Crippen molar-refractivity contribution >= 4 is 5.97 Å². The molecule has 1 rings (SSSR count). The standard InChI is InChI=1S/C16H26N2O3/c1-17-16(15(19)20,14-8-5-4-6-9-14)10-12-18(2)11-7-13-21-3/h4-6,8-9,17H,7,10-13H2,1-3H3,(H,19,20). The lowest BCUT2D eigenvalue weighted by Crippen LogP contribution is -2.49. The Labute approximate surface area is 126 Å². The van der Waals surface area contributed by atoms with Gasteiger partial charge in [0.2, 0.25) is 0 Å². The molecule has 0 amide bonds. The number of aliphatic carboxylic acids is 1. The molecule has 0 aliphatic carbocycles. The fourth-order valence-electron chi connectivity index (χ4n) is 2.42. The van der Waals surface area contributed by atoms with Gasteiger partial charge in [0.05, 0.1) is 0 Å². The molecule has 1 unspecified atom stereocenters. The lowest BCUT2D eigenvalue weighted by Gasteiger charge is -2.31. The van der Waals surface area contributed by atoms with E-state index in [-0.39, 0.29) is 0 Å². The van der Waals surface area contributed by atoms with Gasteiger partial charge in [-0.3, -0.25) is 0 Å². The van der Waals surface area contributed by atoms with Gasteiger partial charge in [-0.2, -0.15) is 0 Å². The largest absolute Gasteiger partial charge is 0.480 e. The van der Waals surface area contributed by atoms with Crippen molar-refractivity contribution in [3.63, 3.8) is 0 Å². The zero-order valence-corrected chi connectivity index (χ0v) is 13.1. The van der Waals surface area contributed by atoms with Crippen molar-refractivity contribution in [2.24, 2.45) is 0 Å². The fraction of sp³-hybridized carbons (Fsp3) is 0.562. The van der Waals surface area contributed by atoms with Gasteiger partial charge >= 0.3 is 5.97 Å². The van der Waals surface area contributed by atoms with Gasteiger partial charge < -0.3 is 20.1 Å². The zero-order chi connectivity index (χ0) is 15.7. The normalized spacial score (nSPS) is 14.1. The number of hydrogen-bond donors (Lipinski definition) is 2. The van der Waals surface area contributed by atoms with Crippen LogP contribution in [0.5, 0.6) is 0 Å². The second-order valence-corrected chi connectivity index (χ2v) is 5.23. The summed E-state index contributed by atoms with van der Waals surface area (Å²) >= 11 is 0. The molecule has 0 aliphatic rings. The quantitative estimate of drug-likeness (QED) is 0.641. The molecule has 0 saturated heterocycles. The van der Waals surface area contributed by atoms with E-state index in [0.29, 0.717) is 13.0 Å². The van der Waals surface area contributed by atoms with Crippen molar-refractivity contribution in [3.05, 3.63) is 35.9 Å². The molecule has 0 bridgehead atoms. The molecule has 5 nitrogen and oxygen atoms in total. The lowest BCUT2D eigenvalue weighted by molar-refractivity contribution is -0.145. The first-order valence-corrected chi connectivity index (χ1v) is 7.22. The first kappa shape index (κ1) is 17.6. The van der Waals surface area contributed by atoms with E-state index in [2.05, 4.69) is 10.2 Å². The number of benzene rings is 1. The predicted molar refractivity (Wildman–Crippen MR) is 83.4 cm³/mol. The van der Waals surface area contributed by atoms with Gasteiger partial charge in [-0.25, -0.2) is 4.79 Å². The zero-order valence-electron chi connectivity index (χ0n) is 13.1. The van der Waals surface area contributed by atoms with Crippen LogP contribution in [-0.2, 0) is 15.1 Å². The third-order valence-corrected chi connectivity index (χ3v) is 3.82. The van der Waals surface area contributed by atoms with Crippen LogP contribution in [0.1, 0.15) is 18.4 Å². The third-order valence-electron chi connectivity index (χ3n) is 3.82. The van der Waals surface area contributed by atoms with Crippen molar-refractivity contribution in [1.29, 1.82) is 0 Å². The highest BCUT2D eigenvalue weighted by atomic mass is 16.5. The minimum atomic E-state index is -1.04. The molecule has 0 aromatic heterocycles. The van der Waals surface area contributed by atoms with Crippen LogP contribution in [0.2, 0.25) is 0 Å². The first-order chi connectivity index (χ1) is 10.1. The number of likely N-dealkylation sites (N-methyl/N-ethyl adjacent to an activating group) is 1. The summed E-state index contributed by atoms with van der Waals surface area (Å²) in [5.41, 5.74) is -0.262. The van der Waals surface area contributed by atoms with Gasteiger partial charge in [0.25, 0.3) is 0 Å². The van der Waals surface area contributed by atoms with E-state index in [0.717, 1.165) is 25.1 Å². The summed E-state index contributed by atoms with van der Waals surface area (Å²) in [6.45, 7) is 2.31. The minimum absolute atomic E-state index is 0.506. The van der Waals surface area contributed by atoms with E-state index >= 15 is 0 Å². The Bertz CT molecular complexity index is 425. The molecule has 2 N–H and O–H groups in total. The number of rotatable bonds is 10. The van der Waals surface area contributed by atoms with Crippen LogP contribution in [-0.4, -0.2) is 56.9 Å². The van der Waals surface area contributed by atoms with Gasteiger partial charge in [0.1, 0.15) is 5.54 Å². The molecule has 0 aliphatic heterocycles. The summed E-state index contributed by atoms with van der Waals surface area (Å²) in [4.78, 5) is 14.0.